The Bertz CT molecular complexity index is 251. The fraction of sp³-hybridized carbons (Fsp3) is 0.692. The van der Waals surface area contributed by atoms with E-state index >= 15 is 0 Å². The number of rotatable bonds is 4. The van der Waals surface area contributed by atoms with Crippen molar-refractivity contribution < 1.29 is 9.84 Å². The lowest BCUT2D eigenvalue weighted by molar-refractivity contribution is -0.0441. The molecule has 0 saturated heterocycles. The Hall–Kier alpha value is -0.600. The van der Waals surface area contributed by atoms with E-state index < -0.39 is 5.60 Å². The van der Waals surface area contributed by atoms with Crippen LogP contribution in [0.4, 0.5) is 0 Å². The van der Waals surface area contributed by atoms with Crippen molar-refractivity contribution in [3.63, 3.8) is 0 Å². The molecule has 0 fully saturated rings. The summed E-state index contributed by atoms with van der Waals surface area (Å²) in [5.41, 5.74) is -0.813. The molecule has 0 spiro atoms. The van der Waals surface area contributed by atoms with Gasteiger partial charge in [0, 0.05) is 5.92 Å². The summed E-state index contributed by atoms with van der Waals surface area (Å²) >= 11 is 0. The molecule has 0 aromatic carbocycles. The van der Waals surface area contributed by atoms with Crippen LogP contribution in [0.5, 0.6) is 0 Å². The molecule has 1 unspecified atom stereocenters. The van der Waals surface area contributed by atoms with Gasteiger partial charge in [-0.15, -0.1) is 6.58 Å². The van der Waals surface area contributed by atoms with Gasteiger partial charge in [-0.05, 0) is 33.6 Å². The van der Waals surface area contributed by atoms with Crippen LogP contribution in [0, 0.1) is 5.92 Å². The average molecular weight is 210 g/mol. The minimum absolute atomic E-state index is 0.179. The van der Waals surface area contributed by atoms with Crippen LogP contribution in [0.1, 0.15) is 33.6 Å². The van der Waals surface area contributed by atoms with Gasteiger partial charge in [-0.2, -0.15) is 0 Å². The van der Waals surface area contributed by atoms with Crippen molar-refractivity contribution in [3.05, 3.63) is 24.8 Å². The molecule has 0 amide bonds. The molecule has 2 heteroatoms. The van der Waals surface area contributed by atoms with Gasteiger partial charge in [0.1, 0.15) is 0 Å². The lowest BCUT2D eigenvalue weighted by atomic mass is 9.78. The molecule has 0 aromatic heterocycles. The highest BCUT2D eigenvalue weighted by atomic mass is 16.5. The molecule has 1 N–H and O–H groups in total. The van der Waals surface area contributed by atoms with E-state index in [1.54, 1.807) is 6.08 Å². The summed E-state index contributed by atoms with van der Waals surface area (Å²) in [4.78, 5) is 0. The number of ether oxygens (including phenoxy) is 1. The van der Waals surface area contributed by atoms with Crippen LogP contribution in [0.2, 0.25) is 0 Å². The van der Waals surface area contributed by atoms with Gasteiger partial charge in [0.2, 0.25) is 0 Å². The first-order valence-corrected chi connectivity index (χ1v) is 5.54. The molecule has 0 aliphatic heterocycles. The zero-order chi connectivity index (χ0) is 11.5. The van der Waals surface area contributed by atoms with Crippen LogP contribution < -0.4 is 0 Å². The van der Waals surface area contributed by atoms with Crippen molar-refractivity contribution in [3.8, 4) is 0 Å². The molecule has 15 heavy (non-hydrogen) atoms. The lowest BCUT2D eigenvalue weighted by Crippen LogP contribution is -2.38. The number of aliphatic hydroxyl groups is 1. The molecule has 2 atom stereocenters. The zero-order valence-corrected chi connectivity index (χ0v) is 9.99. The van der Waals surface area contributed by atoms with Gasteiger partial charge in [0.05, 0.1) is 17.8 Å². The Balaban J connectivity index is 2.61. The fourth-order valence-electron chi connectivity index (χ4n) is 1.91. The molecule has 1 aliphatic carbocycles. The first-order valence-electron chi connectivity index (χ1n) is 5.54. The maximum absolute atomic E-state index is 9.79. The molecule has 1 rings (SSSR count). The van der Waals surface area contributed by atoms with E-state index in [1.807, 2.05) is 13.0 Å². The van der Waals surface area contributed by atoms with E-state index in [9.17, 15) is 5.11 Å². The summed E-state index contributed by atoms with van der Waals surface area (Å²) in [5, 5.41) is 9.79. The van der Waals surface area contributed by atoms with Gasteiger partial charge in [-0.1, -0.05) is 18.2 Å². The Labute approximate surface area is 92.6 Å². The Morgan fingerprint density at radius 1 is 1.67 bits per heavy atom. The standard InChI is InChI=1S/C13H22O2/c1-5-10-15-12(2,3)11-6-8-13(4,14)9-7-11/h5-6,8,11,14H,1,7,9-10H2,2-4H3/t11?,13-/m0/s1. The van der Waals surface area contributed by atoms with Crippen LogP contribution in [-0.4, -0.2) is 22.9 Å². The number of hydrogen-bond donors (Lipinski definition) is 1. The predicted molar refractivity (Wildman–Crippen MR) is 62.7 cm³/mol. The SMILES string of the molecule is C=CCOC(C)(C)C1C=C[C@](C)(O)CC1. The molecule has 2 nitrogen and oxygen atoms in total. The third-order valence-electron chi connectivity index (χ3n) is 3.12. The van der Waals surface area contributed by atoms with E-state index in [-0.39, 0.29) is 5.60 Å². The first kappa shape index (κ1) is 12.5. The highest BCUT2D eigenvalue weighted by Crippen LogP contribution is 2.34. The lowest BCUT2D eigenvalue weighted by Gasteiger charge is -2.37. The van der Waals surface area contributed by atoms with Crippen LogP contribution in [0.3, 0.4) is 0 Å². The van der Waals surface area contributed by atoms with E-state index in [0.29, 0.717) is 12.5 Å². The van der Waals surface area contributed by atoms with Gasteiger partial charge >= 0.3 is 0 Å². The quantitative estimate of drug-likeness (QED) is 0.723. The van der Waals surface area contributed by atoms with E-state index in [1.165, 1.54) is 0 Å². The predicted octanol–water partition coefficient (Wildman–Crippen LogP) is 2.68. The summed E-state index contributed by atoms with van der Waals surface area (Å²) in [6.07, 6.45) is 7.50. The third kappa shape index (κ3) is 3.47. The fourth-order valence-corrected chi connectivity index (χ4v) is 1.91. The third-order valence-corrected chi connectivity index (χ3v) is 3.12. The summed E-state index contributed by atoms with van der Waals surface area (Å²) in [5.74, 6) is 0.373. The smallest absolute Gasteiger partial charge is 0.0800 e. The van der Waals surface area contributed by atoms with Crippen LogP contribution in [0.15, 0.2) is 24.8 Å². The second-order valence-electron chi connectivity index (χ2n) is 5.06. The highest BCUT2D eigenvalue weighted by Gasteiger charge is 2.33. The van der Waals surface area contributed by atoms with Gasteiger partial charge in [-0.25, -0.2) is 0 Å². The van der Waals surface area contributed by atoms with Crippen molar-refractivity contribution in [2.45, 2.75) is 44.8 Å². The summed E-state index contributed by atoms with van der Waals surface area (Å²) < 4.78 is 5.74. The normalized spacial score (nSPS) is 31.6. The molecular formula is C13H22O2. The largest absolute Gasteiger partial charge is 0.386 e. The average Bonchev–Trinajstić information content (AvgIpc) is 2.14. The monoisotopic (exact) mass is 210 g/mol. The Morgan fingerprint density at radius 3 is 2.80 bits per heavy atom. The zero-order valence-electron chi connectivity index (χ0n) is 9.99. The summed E-state index contributed by atoms with van der Waals surface area (Å²) in [6.45, 7) is 10.2. The number of hydrogen-bond acceptors (Lipinski definition) is 2. The van der Waals surface area contributed by atoms with Crippen molar-refractivity contribution in [2.75, 3.05) is 6.61 Å². The van der Waals surface area contributed by atoms with Crippen molar-refractivity contribution in [1.29, 1.82) is 0 Å². The van der Waals surface area contributed by atoms with Crippen LogP contribution >= 0.6 is 0 Å². The van der Waals surface area contributed by atoms with Crippen LogP contribution in [0.25, 0.3) is 0 Å². The van der Waals surface area contributed by atoms with E-state index in [4.69, 9.17) is 4.74 Å². The van der Waals surface area contributed by atoms with Gasteiger partial charge in [-0.3, -0.25) is 0 Å². The van der Waals surface area contributed by atoms with E-state index in [2.05, 4.69) is 26.5 Å². The molecule has 0 heterocycles. The van der Waals surface area contributed by atoms with Crippen molar-refractivity contribution >= 4 is 0 Å². The van der Waals surface area contributed by atoms with Crippen LogP contribution in [-0.2, 0) is 4.74 Å². The second-order valence-corrected chi connectivity index (χ2v) is 5.06. The van der Waals surface area contributed by atoms with E-state index in [0.717, 1.165) is 12.8 Å². The maximum Gasteiger partial charge on any atom is 0.0800 e. The van der Waals surface area contributed by atoms with Gasteiger partial charge in [0.15, 0.2) is 0 Å². The Morgan fingerprint density at radius 2 is 2.33 bits per heavy atom. The molecule has 0 radical (unpaired) electrons. The van der Waals surface area contributed by atoms with Crippen molar-refractivity contribution in [1.82, 2.24) is 0 Å². The molecule has 0 aromatic rings. The molecule has 0 bridgehead atoms. The van der Waals surface area contributed by atoms with Gasteiger partial charge < -0.3 is 9.84 Å². The molecule has 1 aliphatic rings. The minimum atomic E-state index is -0.634. The summed E-state index contributed by atoms with van der Waals surface area (Å²) in [7, 11) is 0. The topological polar surface area (TPSA) is 29.5 Å². The molecule has 86 valence electrons. The minimum Gasteiger partial charge on any atom is -0.386 e. The second kappa shape index (κ2) is 4.50. The van der Waals surface area contributed by atoms with Gasteiger partial charge in [0.25, 0.3) is 0 Å². The first-order chi connectivity index (χ1) is 6.87. The molecular weight excluding hydrogens is 188 g/mol. The van der Waals surface area contributed by atoms with Crippen molar-refractivity contribution in [2.24, 2.45) is 5.92 Å². The Kier molecular flexibility index (Phi) is 3.74. The highest BCUT2D eigenvalue weighted by molar-refractivity contribution is 5.09. The molecule has 0 saturated carbocycles. The maximum atomic E-state index is 9.79. The summed E-state index contributed by atoms with van der Waals surface area (Å²) in [6, 6.07) is 0.